The van der Waals surface area contributed by atoms with Crippen molar-refractivity contribution in [2.45, 2.75) is 43.7 Å². The molecule has 8 nitrogen and oxygen atoms in total. The highest BCUT2D eigenvalue weighted by molar-refractivity contribution is 5.82. The largest absolute Gasteiger partial charge is 0.371 e. The number of nitrogens with zero attached hydrogens (tertiary/aromatic N) is 5. The highest BCUT2D eigenvalue weighted by Crippen LogP contribution is 2.45. The normalized spacial score (nSPS) is 24.7. The van der Waals surface area contributed by atoms with Gasteiger partial charge in [-0.15, -0.1) is 0 Å². The molecule has 0 spiro atoms. The van der Waals surface area contributed by atoms with E-state index in [9.17, 15) is 9.59 Å². The van der Waals surface area contributed by atoms with Crippen LogP contribution in [0.25, 0.3) is 0 Å². The van der Waals surface area contributed by atoms with Crippen molar-refractivity contribution in [3.63, 3.8) is 0 Å². The molecular weight excluding hydrogens is 452 g/mol. The van der Waals surface area contributed by atoms with Crippen LogP contribution in [0.4, 0.5) is 11.5 Å². The van der Waals surface area contributed by atoms with Gasteiger partial charge in [-0.05, 0) is 63.9 Å². The average Bonchev–Trinajstić information content (AvgIpc) is 2.86. The van der Waals surface area contributed by atoms with E-state index >= 15 is 0 Å². The van der Waals surface area contributed by atoms with Gasteiger partial charge in [0.25, 0.3) is 0 Å². The molecule has 4 rings (SSSR count). The van der Waals surface area contributed by atoms with Crippen LogP contribution in [0.5, 0.6) is 0 Å². The maximum absolute atomic E-state index is 12.1. The Morgan fingerprint density at radius 2 is 1.78 bits per heavy atom. The van der Waals surface area contributed by atoms with Crippen molar-refractivity contribution in [2.24, 2.45) is 0 Å². The zero-order chi connectivity index (χ0) is 25.9. The van der Waals surface area contributed by atoms with Gasteiger partial charge in [0.05, 0.1) is 24.0 Å². The van der Waals surface area contributed by atoms with Gasteiger partial charge in [-0.25, -0.2) is 4.98 Å². The summed E-state index contributed by atoms with van der Waals surface area (Å²) >= 11 is 0. The van der Waals surface area contributed by atoms with E-state index in [4.69, 9.17) is 4.98 Å². The minimum Gasteiger partial charge on any atom is -0.371 e. The molecule has 8 heteroatoms. The van der Waals surface area contributed by atoms with Crippen LogP contribution in [0.1, 0.15) is 36.8 Å². The number of amides is 2. The molecular formula is C28H40N6O2. The third kappa shape index (κ3) is 5.05. The number of pyridine rings is 1. The van der Waals surface area contributed by atoms with E-state index in [1.165, 1.54) is 5.56 Å². The number of piperazine rings is 1. The molecule has 1 saturated carbocycles. The number of hydrogen-bond donors (Lipinski definition) is 1. The number of rotatable bonds is 8. The lowest BCUT2D eigenvalue weighted by Crippen LogP contribution is -2.58. The van der Waals surface area contributed by atoms with Crippen molar-refractivity contribution in [2.75, 3.05) is 64.2 Å². The van der Waals surface area contributed by atoms with Gasteiger partial charge in [0, 0.05) is 39.3 Å². The van der Waals surface area contributed by atoms with Crippen LogP contribution < -0.4 is 15.1 Å². The Bertz CT molecular complexity index is 1060. The van der Waals surface area contributed by atoms with Gasteiger partial charge in [-0.2, -0.15) is 0 Å². The first-order valence-corrected chi connectivity index (χ1v) is 12.8. The Balaban J connectivity index is 1.50. The van der Waals surface area contributed by atoms with E-state index in [0.29, 0.717) is 19.6 Å². The third-order valence-electron chi connectivity index (χ3n) is 8.37. The molecule has 1 N–H and O–H groups in total. The molecule has 1 aliphatic carbocycles. The van der Waals surface area contributed by atoms with Crippen molar-refractivity contribution in [1.29, 1.82) is 0 Å². The second-order valence-corrected chi connectivity index (χ2v) is 10.8. The lowest BCUT2D eigenvalue weighted by Gasteiger charge is -2.51. The van der Waals surface area contributed by atoms with Crippen molar-refractivity contribution < 1.29 is 9.59 Å². The number of anilines is 2. The van der Waals surface area contributed by atoms with Crippen LogP contribution in [0.2, 0.25) is 0 Å². The molecule has 2 amide bonds. The van der Waals surface area contributed by atoms with Crippen molar-refractivity contribution >= 4 is 23.8 Å². The Kier molecular flexibility index (Phi) is 7.54. The fraction of sp³-hybridized carbons (Fsp3) is 0.536. The summed E-state index contributed by atoms with van der Waals surface area (Å²) in [7, 11) is 8.23. The molecule has 1 aromatic heterocycles. The van der Waals surface area contributed by atoms with Gasteiger partial charge in [0.15, 0.2) is 0 Å². The summed E-state index contributed by atoms with van der Waals surface area (Å²) in [5.41, 5.74) is 3.14. The van der Waals surface area contributed by atoms with E-state index in [1.54, 1.807) is 4.90 Å². The number of aromatic nitrogens is 1. The molecule has 2 heterocycles. The van der Waals surface area contributed by atoms with Crippen molar-refractivity contribution in [3.05, 3.63) is 53.7 Å². The van der Waals surface area contributed by atoms with E-state index in [-0.39, 0.29) is 17.0 Å². The zero-order valence-corrected chi connectivity index (χ0v) is 22.3. The van der Waals surface area contributed by atoms with Crippen LogP contribution >= 0.6 is 0 Å². The summed E-state index contributed by atoms with van der Waals surface area (Å²) in [5.74, 6) is 0.952. The van der Waals surface area contributed by atoms with Crippen LogP contribution in [0, 0.1) is 6.92 Å². The monoisotopic (exact) mass is 492 g/mol. The summed E-state index contributed by atoms with van der Waals surface area (Å²) in [6.45, 7) is 4.64. The van der Waals surface area contributed by atoms with Gasteiger partial charge in [0.1, 0.15) is 5.82 Å². The topological polar surface area (TPSA) is 72.0 Å². The molecule has 0 radical (unpaired) electrons. The van der Waals surface area contributed by atoms with E-state index in [1.807, 2.05) is 18.1 Å². The zero-order valence-electron chi connectivity index (χ0n) is 22.3. The first kappa shape index (κ1) is 25.9. The predicted octanol–water partition coefficient (Wildman–Crippen LogP) is 2.62. The van der Waals surface area contributed by atoms with Gasteiger partial charge in [0.2, 0.25) is 12.3 Å². The molecule has 2 aromatic rings. The van der Waals surface area contributed by atoms with E-state index in [0.717, 1.165) is 55.7 Å². The molecule has 0 unspecified atom stereocenters. The number of aryl methyl sites for hydroxylation is 1. The SMILES string of the molecule is Cc1cc(N2CCN(C)C(=O)C2)ncc1N(C)C[C@]1(NC=O)CC[C@@](c2ccccc2)(N(C)C)CC1. The maximum atomic E-state index is 12.1. The van der Waals surface area contributed by atoms with Crippen molar-refractivity contribution in [1.82, 2.24) is 20.1 Å². The second kappa shape index (κ2) is 10.5. The number of nitrogens with one attached hydrogen (secondary N) is 1. The first-order valence-electron chi connectivity index (χ1n) is 12.8. The fourth-order valence-corrected chi connectivity index (χ4v) is 5.96. The Hall–Kier alpha value is -3.13. The summed E-state index contributed by atoms with van der Waals surface area (Å²) in [6, 6.07) is 12.8. The molecule has 0 atom stereocenters. The minimum absolute atomic E-state index is 0.0348. The quantitative estimate of drug-likeness (QED) is 0.572. The minimum atomic E-state index is -0.306. The molecule has 2 aliphatic rings. The molecule has 194 valence electrons. The average molecular weight is 493 g/mol. The van der Waals surface area contributed by atoms with Crippen LogP contribution in [-0.4, -0.2) is 87.0 Å². The summed E-state index contributed by atoms with van der Waals surface area (Å²) in [4.78, 5) is 36.9. The number of hydrogen-bond acceptors (Lipinski definition) is 6. The highest BCUT2D eigenvalue weighted by atomic mass is 16.2. The summed E-state index contributed by atoms with van der Waals surface area (Å²) in [5, 5.41) is 3.21. The van der Waals surface area contributed by atoms with Crippen LogP contribution in [0.3, 0.4) is 0 Å². The van der Waals surface area contributed by atoms with Crippen LogP contribution in [0.15, 0.2) is 42.6 Å². The van der Waals surface area contributed by atoms with Gasteiger partial charge >= 0.3 is 0 Å². The molecule has 1 aromatic carbocycles. The first-order chi connectivity index (χ1) is 17.2. The van der Waals surface area contributed by atoms with Gasteiger partial charge in [-0.1, -0.05) is 30.3 Å². The number of likely N-dealkylation sites (N-methyl/N-ethyl adjacent to an activating group) is 2. The van der Waals surface area contributed by atoms with Crippen molar-refractivity contribution in [3.8, 4) is 0 Å². The Morgan fingerprint density at radius 3 is 2.36 bits per heavy atom. The third-order valence-corrected chi connectivity index (χ3v) is 8.37. The predicted molar refractivity (Wildman–Crippen MR) is 144 cm³/mol. The number of carbonyl (C=O) groups excluding carboxylic acids is 2. The van der Waals surface area contributed by atoms with Gasteiger partial charge in [-0.3, -0.25) is 14.5 Å². The Morgan fingerprint density at radius 1 is 1.08 bits per heavy atom. The molecule has 1 saturated heterocycles. The fourth-order valence-electron chi connectivity index (χ4n) is 5.96. The second-order valence-electron chi connectivity index (χ2n) is 10.8. The van der Waals surface area contributed by atoms with E-state index in [2.05, 4.69) is 79.6 Å². The smallest absolute Gasteiger partial charge is 0.241 e. The number of carbonyl (C=O) groups is 2. The Labute approximate surface area is 215 Å². The molecule has 2 fully saturated rings. The van der Waals surface area contributed by atoms with Gasteiger partial charge < -0.3 is 20.0 Å². The lowest BCUT2D eigenvalue weighted by molar-refractivity contribution is -0.129. The number of benzene rings is 1. The molecule has 1 aliphatic heterocycles. The standard InChI is InChI=1S/C28H40N6O2/c1-22-17-25(34-16-15-32(4)26(36)19-34)29-18-24(22)33(5)20-27(30-21-35)11-13-28(14-12-27,31(2)3)23-9-7-6-8-10-23/h6-10,17-18,21H,11-16,19-20H2,1-5H3,(H,30,35)/t27-,28+. The summed E-state index contributed by atoms with van der Waals surface area (Å²) in [6.07, 6.45) is 6.46. The lowest BCUT2D eigenvalue weighted by atomic mass is 9.68. The van der Waals surface area contributed by atoms with E-state index < -0.39 is 0 Å². The van der Waals surface area contributed by atoms with Crippen LogP contribution in [-0.2, 0) is 15.1 Å². The molecule has 36 heavy (non-hydrogen) atoms. The molecule has 0 bridgehead atoms. The highest BCUT2D eigenvalue weighted by Gasteiger charge is 2.45. The summed E-state index contributed by atoms with van der Waals surface area (Å²) < 4.78 is 0. The maximum Gasteiger partial charge on any atom is 0.241 e.